The molecule has 2 heterocycles. The summed E-state index contributed by atoms with van der Waals surface area (Å²) in [5, 5.41) is 0.789. The van der Waals surface area contributed by atoms with Crippen molar-refractivity contribution in [3.63, 3.8) is 0 Å². The highest BCUT2D eigenvalue weighted by atomic mass is 35.5. The SMILES string of the molecule is COc1ccc(N2CCN(C(=O)[C@H]3CCCN(S(=O)(=O)Cc4ccc(Cl)cc4Cl)C3)CC2)cc1. The van der Waals surface area contributed by atoms with Gasteiger partial charge in [-0.05, 0) is 54.8 Å². The zero-order valence-electron chi connectivity index (χ0n) is 19.1. The number of piperazine rings is 1. The maximum atomic E-state index is 13.2. The Bertz CT molecular complexity index is 1120. The van der Waals surface area contributed by atoms with Crippen molar-refractivity contribution in [1.82, 2.24) is 9.21 Å². The van der Waals surface area contributed by atoms with Gasteiger partial charge in [0.2, 0.25) is 15.9 Å². The second kappa shape index (κ2) is 10.7. The van der Waals surface area contributed by atoms with Gasteiger partial charge in [0.25, 0.3) is 0 Å². The second-order valence-corrected chi connectivity index (χ2v) is 11.5. The molecular formula is C24H29Cl2N3O4S. The Morgan fingerprint density at radius 1 is 1.03 bits per heavy atom. The molecule has 10 heteroatoms. The lowest BCUT2D eigenvalue weighted by molar-refractivity contribution is -0.137. The molecule has 7 nitrogen and oxygen atoms in total. The van der Waals surface area contributed by atoms with Gasteiger partial charge in [-0.1, -0.05) is 29.3 Å². The summed E-state index contributed by atoms with van der Waals surface area (Å²) >= 11 is 12.1. The number of carbonyl (C=O) groups is 1. The number of hydrogen-bond donors (Lipinski definition) is 0. The summed E-state index contributed by atoms with van der Waals surface area (Å²) in [5.74, 6) is 0.327. The van der Waals surface area contributed by atoms with Crippen molar-refractivity contribution in [3.8, 4) is 5.75 Å². The molecule has 2 aromatic rings. The highest BCUT2D eigenvalue weighted by Gasteiger charge is 2.35. The molecule has 2 aliphatic heterocycles. The smallest absolute Gasteiger partial charge is 0.227 e. The van der Waals surface area contributed by atoms with Crippen LogP contribution in [0, 0.1) is 5.92 Å². The number of ether oxygens (including phenoxy) is 1. The van der Waals surface area contributed by atoms with Gasteiger partial charge in [0.05, 0.1) is 18.8 Å². The summed E-state index contributed by atoms with van der Waals surface area (Å²) < 4.78 is 32.8. The molecule has 0 saturated carbocycles. The molecule has 0 radical (unpaired) electrons. The summed E-state index contributed by atoms with van der Waals surface area (Å²) in [6, 6.07) is 12.7. The van der Waals surface area contributed by atoms with Gasteiger partial charge >= 0.3 is 0 Å². The third kappa shape index (κ3) is 5.79. The van der Waals surface area contributed by atoms with Crippen LogP contribution >= 0.6 is 23.2 Å². The third-order valence-electron chi connectivity index (χ3n) is 6.51. The van der Waals surface area contributed by atoms with Crippen LogP contribution < -0.4 is 9.64 Å². The molecule has 2 fully saturated rings. The molecule has 0 spiro atoms. The van der Waals surface area contributed by atoms with Gasteiger partial charge in [0.1, 0.15) is 5.75 Å². The zero-order valence-corrected chi connectivity index (χ0v) is 21.4. The highest BCUT2D eigenvalue weighted by molar-refractivity contribution is 7.88. The van der Waals surface area contributed by atoms with E-state index in [0.29, 0.717) is 48.1 Å². The van der Waals surface area contributed by atoms with Gasteiger partial charge in [-0.25, -0.2) is 12.7 Å². The summed E-state index contributed by atoms with van der Waals surface area (Å²) in [6.07, 6.45) is 1.36. The maximum absolute atomic E-state index is 13.2. The number of rotatable bonds is 6. The fraction of sp³-hybridized carbons (Fsp3) is 0.458. The predicted molar refractivity (Wildman–Crippen MR) is 135 cm³/mol. The van der Waals surface area contributed by atoms with Crippen LogP contribution in [0.4, 0.5) is 5.69 Å². The van der Waals surface area contributed by atoms with Crippen LogP contribution in [0.1, 0.15) is 18.4 Å². The summed E-state index contributed by atoms with van der Waals surface area (Å²) in [7, 11) is -1.96. The predicted octanol–water partition coefficient (Wildman–Crippen LogP) is 3.89. The Hall–Kier alpha value is -2.00. The first-order valence-corrected chi connectivity index (χ1v) is 13.7. The summed E-state index contributed by atoms with van der Waals surface area (Å²) in [4.78, 5) is 17.4. The van der Waals surface area contributed by atoms with Crippen molar-refractivity contribution in [1.29, 1.82) is 0 Å². The number of amides is 1. The number of nitrogens with zero attached hydrogens (tertiary/aromatic N) is 3. The fourth-order valence-electron chi connectivity index (χ4n) is 4.56. The molecule has 1 atom stereocenters. The van der Waals surface area contributed by atoms with E-state index in [1.807, 2.05) is 29.2 Å². The highest BCUT2D eigenvalue weighted by Crippen LogP contribution is 2.28. The summed E-state index contributed by atoms with van der Waals surface area (Å²) in [5.41, 5.74) is 1.61. The van der Waals surface area contributed by atoms with Crippen molar-refractivity contribution in [3.05, 3.63) is 58.1 Å². The number of anilines is 1. The minimum atomic E-state index is -3.60. The number of benzene rings is 2. The first-order valence-electron chi connectivity index (χ1n) is 11.4. The first-order chi connectivity index (χ1) is 16.3. The van der Waals surface area contributed by atoms with Crippen LogP contribution in [-0.4, -0.2) is 69.9 Å². The van der Waals surface area contributed by atoms with Gasteiger partial charge < -0.3 is 14.5 Å². The minimum absolute atomic E-state index is 0.0406. The standard InChI is InChI=1S/C24H29Cl2N3O4S/c1-33-22-8-6-21(7-9-22)27-11-13-28(14-12-27)24(30)18-3-2-10-29(16-18)34(31,32)17-19-4-5-20(25)15-23(19)26/h4-9,15,18H,2-3,10-14,16-17H2,1H3/t18-/m0/s1. The van der Waals surface area contributed by atoms with Crippen LogP contribution in [0.2, 0.25) is 10.0 Å². The molecule has 2 aromatic carbocycles. The average molecular weight is 526 g/mol. The molecule has 4 rings (SSSR count). The lowest BCUT2D eigenvalue weighted by Gasteiger charge is -2.39. The van der Waals surface area contributed by atoms with E-state index in [2.05, 4.69) is 4.90 Å². The van der Waals surface area contributed by atoms with Crippen molar-refractivity contribution in [2.45, 2.75) is 18.6 Å². The van der Waals surface area contributed by atoms with Crippen molar-refractivity contribution in [2.24, 2.45) is 5.92 Å². The van der Waals surface area contributed by atoms with Crippen molar-refractivity contribution in [2.75, 3.05) is 51.3 Å². The van der Waals surface area contributed by atoms with Crippen LogP contribution in [0.5, 0.6) is 5.75 Å². The Morgan fingerprint density at radius 3 is 2.38 bits per heavy atom. The molecule has 34 heavy (non-hydrogen) atoms. The van der Waals surface area contributed by atoms with Crippen molar-refractivity contribution < 1.29 is 17.9 Å². The number of halogens is 2. The molecule has 184 valence electrons. The van der Waals surface area contributed by atoms with Crippen LogP contribution in [-0.2, 0) is 20.6 Å². The number of hydrogen-bond acceptors (Lipinski definition) is 5. The molecule has 2 saturated heterocycles. The number of carbonyl (C=O) groups excluding carboxylic acids is 1. The quantitative estimate of drug-likeness (QED) is 0.572. The van der Waals surface area contributed by atoms with E-state index in [1.165, 1.54) is 4.31 Å². The van der Waals surface area contributed by atoms with E-state index in [9.17, 15) is 13.2 Å². The summed E-state index contributed by atoms with van der Waals surface area (Å²) in [6.45, 7) is 3.35. The van der Waals surface area contributed by atoms with Gasteiger partial charge in [0, 0.05) is 55.0 Å². The lowest BCUT2D eigenvalue weighted by Crippen LogP contribution is -2.53. The normalized spacial score (nSPS) is 19.8. The monoisotopic (exact) mass is 525 g/mol. The van der Waals surface area contributed by atoms with E-state index in [-0.39, 0.29) is 24.1 Å². The van der Waals surface area contributed by atoms with Gasteiger partial charge in [-0.2, -0.15) is 0 Å². The van der Waals surface area contributed by atoms with E-state index >= 15 is 0 Å². The van der Waals surface area contributed by atoms with Crippen LogP contribution in [0.25, 0.3) is 0 Å². The minimum Gasteiger partial charge on any atom is -0.497 e. The van der Waals surface area contributed by atoms with Gasteiger partial charge in [0.15, 0.2) is 0 Å². The number of piperidine rings is 1. The largest absolute Gasteiger partial charge is 0.497 e. The Kier molecular flexibility index (Phi) is 7.92. The first kappa shape index (κ1) is 25.1. The number of sulfonamides is 1. The molecule has 0 bridgehead atoms. The van der Waals surface area contributed by atoms with Gasteiger partial charge in [-0.15, -0.1) is 0 Å². The Morgan fingerprint density at radius 2 is 1.74 bits per heavy atom. The molecule has 0 aromatic heterocycles. The molecule has 1 amide bonds. The van der Waals surface area contributed by atoms with E-state index in [4.69, 9.17) is 27.9 Å². The molecule has 2 aliphatic rings. The van der Waals surface area contributed by atoms with Crippen LogP contribution in [0.3, 0.4) is 0 Å². The molecule has 0 unspecified atom stereocenters. The number of methoxy groups -OCH3 is 1. The van der Waals surface area contributed by atoms with Crippen LogP contribution in [0.15, 0.2) is 42.5 Å². The third-order valence-corrected chi connectivity index (χ3v) is 8.89. The van der Waals surface area contributed by atoms with Crippen molar-refractivity contribution >= 4 is 44.8 Å². The molecular weight excluding hydrogens is 497 g/mol. The fourth-order valence-corrected chi connectivity index (χ4v) is 6.76. The van der Waals surface area contributed by atoms with E-state index < -0.39 is 10.0 Å². The Balaban J connectivity index is 1.35. The molecule has 0 N–H and O–H groups in total. The average Bonchev–Trinajstić information content (AvgIpc) is 2.85. The second-order valence-electron chi connectivity index (χ2n) is 8.70. The maximum Gasteiger partial charge on any atom is 0.227 e. The topological polar surface area (TPSA) is 70.2 Å². The zero-order chi connectivity index (χ0) is 24.3. The molecule has 0 aliphatic carbocycles. The van der Waals surface area contributed by atoms with Gasteiger partial charge in [-0.3, -0.25) is 4.79 Å². The van der Waals surface area contributed by atoms with E-state index in [1.54, 1.807) is 25.3 Å². The van der Waals surface area contributed by atoms with E-state index in [0.717, 1.165) is 24.5 Å². The Labute approximate surface area is 211 Å². The lowest BCUT2D eigenvalue weighted by atomic mass is 9.97.